The van der Waals surface area contributed by atoms with Gasteiger partial charge in [0.2, 0.25) is 0 Å². The van der Waals surface area contributed by atoms with E-state index in [4.69, 9.17) is 5.11 Å². The predicted octanol–water partition coefficient (Wildman–Crippen LogP) is 0.132. The molecule has 1 aromatic heterocycles. The number of carbonyl (C=O) groups excluding carboxylic acids is 1. The van der Waals surface area contributed by atoms with Gasteiger partial charge in [0.15, 0.2) is 0 Å². The molecule has 0 aliphatic heterocycles. The molecule has 0 unspecified atom stereocenters. The van der Waals surface area contributed by atoms with Crippen molar-refractivity contribution in [1.29, 1.82) is 0 Å². The van der Waals surface area contributed by atoms with E-state index in [0.717, 1.165) is 5.69 Å². The largest absolute Gasteiger partial charge is 0.468 e. The lowest BCUT2D eigenvalue weighted by atomic mass is 10.3. The number of esters is 1. The normalized spacial score (nSPS) is 12.4. The molecule has 0 amide bonds. The summed E-state index contributed by atoms with van der Waals surface area (Å²) in [7, 11) is 1.37. The second kappa shape index (κ2) is 6.30. The third-order valence-corrected chi connectivity index (χ3v) is 2.36. The zero-order valence-electron chi connectivity index (χ0n) is 9.64. The van der Waals surface area contributed by atoms with Crippen molar-refractivity contribution >= 4 is 5.97 Å². The molecular weight excluding hydrogens is 208 g/mol. The van der Waals surface area contributed by atoms with Crippen LogP contribution in [0.15, 0.2) is 18.3 Å². The van der Waals surface area contributed by atoms with Crippen LogP contribution in [0.5, 0.6) is 0 Å². The summed E-state index contributed by atoms with van der Waals surface area (Å²) in [5, 5.41) is 12.0. The summed E-state index contributed by atoms with van der Waals surface area (Å²) in [6.07, 6.45) is 1.83. The molecule has 5 nitrogen and oxygen atoms in total. The number of nitrogens with one attached hydrogen (secondary N) is 1. The second-order valence-electron chi connectivity index (χ2n) is 3.67. The average molecular weight is 226 g/mol. The molecule has 5 heteroatoms. The molecule has 1 heterocycles. The molecule has 0 saturated carbocycles. The highest BCUT2D eigenvalue weighted by Crippen LogP contribution is 2.03. The van der Waals surface area contributed by atoms with E-state index in [2.05, 4.69) is 10.1 Å². The Kier molecular flexibility index (Phi) is 5.01. The molecular formula is C11H18N2O3. The highest BCUT2D eigenvalue weighted by Gasteiger charge is 2.07. The first-order chi connectivity index (χ1) is 7.67. The summed E-state index contributed by atoms with van der Waals surface area (Å²) < 4.78 is 6.43. The van der Waals surface area contributed by atoms with E-state index in [9.17, 15) is 4.79 Å². The molecule has 90 valence electrons. The van der Waals surface area contributed by atoms with E-state index in [-0.39, 0.29) is 25.2 Å². The van der Waals surface area contributed by atoms with Gasteiger partial charge < -0.3 is 19.7 Å². The predicted molar refractivity (Wildman–Crippen MR) is 59.8 cm³/mol. The number of hydrogen-bond donors (Lipinski definition) is 2. The van der Waals surface area contributed by atoms with Crippen molar-refractivity contribution in [3.8, 4) is 0 Å². The lowest BCUT2D eigenvalue weighted by Crippen LogP contribution is -2.29. The monoisotopic (exact) mass is 226 g/mol. The van der Waals surface area contributed by atoms with E-state index < -0.39 is 0 Å². The number of methoxy groups -OCH3 is 1. The van der Waals surface area contributed by atoms with Crippen LogP contribution in [0.1, 0.15) is 12.6 Å². The number of aliphatic hydroxyl groups excluding tert-OH is 1. The fraction of sp³-hybridized carbons (Fsp3) is 0.545. The summed E-state index contributed by atoms with van der Waals surface area (Å²) in [6, 6.07) is 3.85. The third kappa shape index (κ3) is 3.67. The van der Waals surface area contributed by atoms with E-state index in [1.807, 2.05) is 29.8 Å². The van der Waals surface area contributed by atoms with E-state index in [1.165, 1.54) is 7.11 Å². The van der Waals surface area contributed by atoms with Crippen LogP contribution >= 0.6 is 0 Å². The first kappa shape index (κ1) is 12.7. The van der Waals surface area contributed by atoms with Crippen molar-refractivity contribution in [3.05, 3.63) is 24.0 Å². The van der Waals surface area contributed by atoms with Gasteiger partial charge in [-0.15, -0.1) is 0 Å². The molecule has 0 fully saturated rings. The van der Waals surface area contributed by atoms with Gasteiger partial charge in [0, 0.05) is 24.5 Å². The molecule has 0 aromatic carbocycles. The van der Waals surface area contributed by atoms with Crippen molar-refractivity contribution in [3.63, 3.8) is 0 Å². The van der Waals surface area contributed by atoms with Crippen molar-refractivity contribution in [1.82, 2.24) is 9.88 Å². The van der Waals surface area contributed by atoms with Gasteiger partial charge in [0.1, 0.15) is 6.54 Å². The van der Waals surface area contributed by atoms with Gasteiger partial charge in [0.05, 0.1) is 13.7 Å². The maximum Gasteiger partial charge on any atom is 0.325 e. The zero-order valence-corrected chi connectivity index (χ0v) is 9.64. The van der Waals surface area contributed by atoms with Gasteiger partial charge in [0.25, 0.3) is 0 Å². The van der Waals surface area contributed by atoms with E-state index in [0.29, 0.717) is 6.54 Å². The number of hydrogen-bond acceptors (Lipinski definition) is 4. The fourth-order valence-corrected chi connectivity index (χ4v) is 1.31. The Balaban J connectivity index is 2.53. The molecule has 0 spiro atoms. The van der Waals surface area contributed by atoms with Crippen LogP contribution in [-0.4, -0.2) is 35.4 Å². The van der Waals surface area contributed by atoms with Crippen LogP contribution in [0.2, 0.25) is 0 Å². The Morgan fingerprint density at radius 1 is 1.69 bits per heavy atom. The van der Waals surface area contributed by atoms with E-state index >= 15 is 0 Å². The highest BCUT2D eigenvalue weighted by molar-refractivity contribution is 5.69. The summed E-state index contributed by atoms with van der Waals surface area (Å²) in [6.45, 7) is 2.82. The first-order valence-electron chi connectivity index (χ1n) is 5.22. The number of ether oxygens (including phenoxy) is 1. The molecule has 0 bridgehead atoms. The van der Waals surface area contributed by atoms with Gasteiger partial charge in [-0.1, -0.05) is 0 Å². The third-order valence-electron chi connectivity index (χ3n) is 2.36. The molecule has 1 aromatic rings. The SMILES string of the molecule is COC(=O)Cn1cccc1CN[C@@H](C)CO. The first-order valence-corrected chi connectivity index (χ1v) is 5.22. The van der Waals surface area contributed by atoms with Crippen LogP contribution < -0.4 is 5.32 Å². The summed E-state index contributed by atoms with van der Waals surface area (Å²) in [5.74, 6) is -0.271. The van der Waals surface area contributed by atoms with Crippen LogP contribution in [0.4, 0.5) is 0 Å². The second-order valence-corrected chi connectivity index (χ2v) is 3.67. The minimum atomic E-state index is -0.271. The van der Waals surface area contributed by atoms with Gasteiger partial charge in [-0.25, -0.2) is 0 Å². The van der Waals surface area contributed by atoms with Gasteiger partial charge >= 0.3 is 5.97 Å². The Labute approximate surface area is 95.0 Å². The Morgan fingerprint density at radius 3 is 3.06 bits per heavy atom. The Bertz CT molecular complexity index is 336. The van der Waals surface area contributed by atoms with Crippen molar-refractivity contribution < 1.29 is 14.6 Å². The standard InChI is InChI=1S/C11H18N2O3/c1-9(8-14)12-6-10-4-3-5-13(10)7-11(15)16-2/h3-5,9,12,14H,6-8H2,1-2H3/t9-/m0/s1. The van der Waals surface area contributed by atoms with Gasteiger partial charge in [-0.3, -0.25) is 4.79 Å². The molecule has 2 N–H and O–H groups in total. The maximum atomic E-state index is 11.1. The van der Waals surface area contributed by atoms with Crippen LogP contribution in [0.25, 0.3) is 0 Å². The highest BCUT2D eigenvalue weighted by atomic mass is 16.5. The van der Waals surface area contributed by atoms with Crippen molar-refractivity contribution in [2.75, 3.05) is 13.7 Å². The van der Waals surface area contributed by atoms with Crippen molar-refractivity contribution in [2.24, 2.45) is 0 Å². The quantitative estimate of drug-likeness (QED) is 0.677. The number of rotatable bonds is 6. The number of carbonyl (C=O) groups is 1. The number of nitrogens with zero attached hydrogens (tertiary/aromatic N) is 1. The lowest BCUT2D eigenvalue weighted by Gasteiger charge is -2.12. The maximum absolute atomic E-state index is 11.1. The van der Waals surface area contributed by atoms with Crippen molar-refractivity contribution in [2.45, 2.75) is 26.1 Å². The topological polar surface area (TPSA) is 63.5 Å². The molecule has 0 radical (unpaired) electrons. The Morgan fingerprint density at radius 2 is 2.44 bits per heavy atom. The minimum absolute atomic E-state index is 0.0430. The van der Waals surface area contributed by atoms with Crippen LogP contribution in [0.3, 0.4) is 0 Å². The molecule has 1 atom stereocenters. The summed E-state index contributed by atoms with van der Waals surface area (Å²) in [4.78, 5) is 11.1. The summed E-state index contributed by atoms with van der Waals surface area (Å²) >= 11 is 0. The zero-order chi connectivity index (χ0) is 12.0. The van der Waals surface area contributed by atoms with Gasteiger partial charge in [-0.05, 0) is 19.1 Å². The average Bonchev–Trinajstić information content (AvgIpc) is 2.73. The molecule has 16 heavy (non-hydrogen) atoms. The molecule has 1 rings (SSSR count). The Hall–Kier alpha value is -1.33. The van der Waals surface area contributed by atoms with Crippen LogP contribution in [0, 0.1) is 0 Å². The lowest BCUT2D eigenvalue weighted by molar-refractivity contribution is -0.141. The van der Waals surface area contributed by atoms with Crippen LogP contribution in [-0.2, 0) is 22.6 Å². The molecule has 0 saturated heterocycles. The smallest absolute Gasteiger partial charge is 0.325 e. The van der Waals surface area contributed by atoms with E-state index in [1.54, 1.807) is 0 Å². The minimum Gasteiger partial charge on any atom is -0.468 e. The van der Waals surface area contributed by atoms with Gasteiger partial charge in [-0.2, -0.15) is 0 Å². The number of aliphatic hydroxyl groups is 1. The fourth-order valence-electron chi connectivity index (χ4n) is 1.31. The summed E-state index contributed by atoms with van der Waals surface area (Å²) in [5.41, 5.74) is 0.991. The molecule has 0 aliphatic rings. The molecule has 0 aliphatic carbocycles. The number of aromatic nitrogens is 1.